The first-order valence-corrected chi connectivity index (χ1v) is 9.13. The number of β-amino-alcohol motifs (C(OH)–C–C–N with tert-alkyl or cyclic N) is 1. The molecule has 3 rings (SSSR count). The average molecular weight is 349 g/mol. The highest BCUT2D eigenvalue weighted by Crippen LogP contribution is 2.21. The Balaban J connectivity index is 1.44. The minimum Gasteiger partial charge on any atom is -0.491 e. The molecule has 0 bridgehead atoms. The van der Waals surface area contributed by atoms with Crippen molar-refractivity contribution >= 4 is 5.69 Å². The Morgan fingerprint density at radius 1 is 1.28 bits per heavy atom. The third-order valence-corrected chi connectivity index (χ3v) is 5.08. The summed E-state index contributed by atoms with van der Waals surface area (Å²) in [5, 5.41) is 21.1. The molecule has 138 valence electrons. The third kappa shape index (κ3) is 5.14. The second kappa shape index (κ2) is 8.60. The van der Waals surface area contributed by atoms with E-state index in [1.54, 1.807) is 12.1 Å². The Morgan fingerprint density at radius 3 is 2.84 bits per heavy atom. The van der Waals surface area contributed by atoms with Crippen molar-refractivity contribution in [2.45, 2.75) is 37.8 Å². The van der Waals surface area contributed by atoms with Crippen molar-refractivity contribution in [2.24, 2.45) is 0 Å². The summed E-state index contributed by atoms with van der Waals surface area (Å²) in [5.74, 6) is 0.418. The summed E-state index contributed by atoms with van der Waals surface area (Å²) in [4.78, 5) is 15.2. The maximum absolute atomic E-state index is 10.8. The van der Waals surface area contributed by atoms with Gasteiger partial charge in [-0.05, 0) is 51.4 Å². The standard InChI is InChI=1S/C18H27N3O4/c22-17(14-25-18-7-3-5-15(11-18)21(23)24)13-19-8-4-6-16(12-19)20-9-1-2-10-20/h3,5,7,11,16-17,22H,1-2,4,6,8-10,12-14H2. The number of hydrogen-bond acceptors (Lipinski definition) is 6. The van der Waals surface area contributed by atoms with Crippen LogP contribution in [0.25, 0.3) is 0 Å². The number of nitro groups is 1. The molecule has 0 aliphatic carbocycles. The molecule has 7 nitrogen and oxygen atoms in total. The number of non-ortho nitro benzene ring substituents is 1. The molecule has 25 heavy (non-hydrogen) atoms. The van der Waals surface area contributed by atoms with Crippen molar-refractivity contribution in [2.75, 3.05) is 39.3 Å². The van der Waals surface area contributed by atoms with Gasteiger partial charge in [0.1, 0.15) is 18.5 Å². The third-order valence-electron chi connectivity index (χ3n) is 5.08. The average Bonchev–Trinajstić information content (AvgIpc) is 3.15. The highest BCUT2D eigenvalue weighted by molar-refractivity contribution is 5.37. The van der Waals surface area contributed by atoms with Gasteiger partial charge in [-0.1, -0.05) is 6.07 Å². The summed E-state index contributed by atoms with van der Waals surface area (Å²) in [6.07, 6.45) is 4.42. The lowest BCUT2D eigenvalue weighted by atomic mass is 10.0. The minimum absolute atomic E-state index is 0.00326. The van der Waals surface area contributed by atoms with E-state index < -0.39 is 11.0 Å². The van der Waals surface area contributed by atoms with E-state index in [-0.39, 0.29) is 12.3 Å². The van der Waals surface area contributed by atoms with Crippen LogP contribution < -0.4 is 4.74 Å². The normalized spacial score (nSPS) is 23.5. The minimum atomic E-state index is -0.600. The molecular formula is C18H27N3O4. The number of nitro benzene ring substituents is 1. The Labute approximate surface area is 148 Å². The molecule has 2 saturated heterocycles. The van der Waals surface area contributed by atoms with Crippen molar-refractivity contribution in [3.8, 4) is 5.75 Å². The first kappa shape index (κ1) is 18.1. The van der Waals surface area contributed by atoms with Crippen molar-refractivity contribution in [1.82, 2.24) is 9.80 Å². The van der Waals surface area contributed by atoms with E-state index in [0.29, 0.717) is 18.3 Å². The van der Waals surface area contributed by atoms with E-state index in [4.69, 9.17) is 4.74 Å². The van der Waals surface area contributed by atoms with Crippen LogP contribution in [-0.4, -0.2) is 71.3 Å². The van der Waals surface area contributed by atoms with Crippen molar-refractivity contribution in [1.29, 1.82) is 0 Å². The van der Waals surface area contributed by atoms with Crippen LogP contribution in [0.3, 0.4) is 0 Å². The summed E-state index contributed by atoms with van der Waals surface area (Å²) in [6.45, 7) is 5.16. The van der Waals surface area contributed by atoms with E-state index in [2.05, 4.69) is 9.80 Å². The van der Waals surface area contributed by atoms with Crippen LogP contribution in [0.2, 0.25) is 0 Å². The lowest BCUT2D eigenvalue weighted by Gasteiger charge is -2.38. The number of nitrogens with zero attached hydrogens (tertiary/aromatic N) is 3. The van der Waals surface area contributed by atoms with Gasteiger partial charge in [-0.25, -0.2) is 0 Å². The van der Waals surface area contributed by atoms with Gasteiger partial charge in [0.2, 0.25) is 0 Å². The van der Waals surface area contributed by atoms with Crippen molar-refractivity contribution in [3.63, 3.8) is 0 Å². The number of ether oxygens (including phenoxy) is 1. The van der Waals surface area contributed by atoms with E-state index in [9.17, 15) is 15.2 Å². The van der Waals surface area contributed by atoms with E-state index >= 15 is 0 Å². The number of hydrogen-bond donors (Lipinski definition) is 1. The summed E-state index contributed by atoms with van der Waals surface area (Å²) in [7, 11) is 0. The summed E-state index contributed by atoms with van der Waals surface area (Å²) in [5.41, 5.74) is -0.00326. The van der Waals surface area contributed by atoms with Gasteiger partial charge in [-0.15, -0.1) is 0 Å². The zero-order valence-corrected chi connectivity index (χ0v) is 14.5. The lowest BCUT2D eigenvalue weighted by Crippen LogP contribution is -2.49. The van der Waals surface area contributed by atoms with Gasteiger partial charge in [0.05, 0.1) is 11.0 Å². The zero-order chi connectivity index (χ0) is 17.6. The molecule has 7 heteroatoms. The van der Waals surface area contributed by atoms with Crippen LogP contribution in [0, 0.1) is 10.1 Å². The molecule has 0 radical (unpaired) electrons. The van der Waals surface area contributed by atoms with Crippen LogP contribution in [0.5, 0.6) is 5.75 Å². The van der Waals surface area contributed by atoms with Gasteiger partial charge < -0.3 is 9.84 Å². The SMILES string of the molecule is O=[N+]([O-])c1cccc(OCC(O)CN2CCCC(N3CCCC3)C2)c1. The fourth-order valence-electron chi connectivity index (χ4n) is 3.83. The molecule has 0 spiro atoms. The second-order valence-electron chi connectivity index (χ2n) is 7.02. The van der Waals surface area contributed by atoms with Crippen LogP contribution in [-0.2, 0) is 0 Å². The number of benzene rings is 1. The molecule has 1 aromatic rings. The predicted octanol–water partition coefficient (Wildman–Crippen LogP) is 1.89. The van der Waals surface area contributed by atoms with Crippen molar-refractivity contribution in [3.05, 3.63) is 34.4 Å². The Bertz CT molecular complexity index is 577. The molecule has 0 saturated carbocycles. The molecule has 0 aromatic heterocycles. The number of aliphatic hydroxyl groups excluding tert-OH is 1. The predicted molar refractivity (Wildman–Crippen MR) is 94.9 cm³/mol. The second-order valence-corrected chi connectivity index (χ2v) is 7.02. The molecule has 1 aromatic carbocycles. The maximum Gasteiger partial charge on any atom is 0.273 e. The van der Waals surface area contributed by atoms with Crippen LogP contribution in [0.15, 0.2) is 24.3 Å². The van der Waals surface area contributed by atoms with Crippen LogP contribution in [0.4, 0.5) is 5.69 Å². The lowest BCUT2D eigenvalue weighted by molar-refractivity contribution is -0.384. The van der Waals surface area contributed by atoms with Gasteiger partial charge in [0, 0.05) is 25.2 Å². The molecule has 1 N–H and O–H groups in total. The molecule has 2 aliphatic rings. The monoisotopic (exact) mass is 349 g/mol. The Hall–Kier alpha value is -1.70. The van der Waals surface area contributed by atoms with E-state index in [0.717, 1.165) is 13.1 Å². The van der Waals surface area contributed by atoms with Crippen molar-refractivity contribution < 1.29 is 14.8 Å². The number of rotatable bonds is 7. The molecule has 2 atom stereocenters. The Morgan fingerprint density at radius 2 is 2.08 bits per heavy atom. The first-order chi connectivity index (χ1) is 12.1. The quantitative estimate of drug-likeness (QED) is 0.598. The van der Waals surface area contributed by atoms with Gasteiger partial charge in [-0.3, -0.25) is 19.9 Å². The highest BCUT2D eigenvalue weighted by atomic mass is 16.6. The maximum atomic E-state index is 10.8. The van der Waals surface area contributed by atoms with E-state index in [1.165, 1.54) is 50.9 Å². The van der Waals surface area contributed by atoms with Crippen LogP contribution in [0.1, 0.15) is 25.7 Å². The smallest absolute Gasteiger partial charge is 0.273 e. The molecule has 2 heterocycles. The molecular weight excluding hydrogens is 322 g/mol. The molecule has 2 fully saturated rings. The molecule has 2 unspecified atom stereocenters. The fraction of sp³-hybridized carbons (Fsp3) is 0.667. The first-order valence-electron chi connectivity index (χ1n) is 9.13. The number of likely N-dealkylation sites (tertiary alicyclic amines) is 2. The molecule has 0 amide bonds. The van der Waals surface area contributed by atoms with E-state index in [1.807, 2.05) is 0 Å². The van der Waals surface area contributed by atoms with Gasteiger partial charge in [0.25, 0.3) is 5.69 Å². The zero-order valence-electron chi connectivity index (χ0n) is 14.5. The van der Waals surface area contributed by atoms with Gasteiger partial charge in [-0.2, -0.15) is 0 Å². The summed E-state index contributed by atoms with van der Waals surface area (Å²) < 4.78 is 5.54. The highest BCUT2D eigenvalue weighted by Gasteiger charge is 2.27. The number of aliphatic hydroxyl groups is 1. The Kier molecular flexibility index (Phi) is 6.23. The topological polar surface area (TPSA) is 79.1 Å². The fourth-order valence-corrected chi connectivity index (χ4v) is 3.83. The largest absolute Gasteiger partial charge is 0.491 e. The van der Waals surface area contributed by atoms with Gasteiger partial charge >= 0.3 is 0 Å². The summed E-state index contributed by atoms with van der Waals surface area (Å²) >= 11 is 0. The number of piperidine rings is 1. The van der Waals surface area contributed by atoms with Gasteiger partial charge in [0.15, 0.2) is 0 Å². The molecule has 2 aliphatic heterocycles. The summed E-state index contributed by atoms with van der Waals surface area (Å²) in [6, 6.07) is 6.68. The van der Waals surface area contributed by atoms with Crippen LogP contribution >= 0.6 is 0 Å².